The second-order valence-electron chi connectivity index (χ2n) is 12.3. The molecule has 1 saturated carbocycles. The summed E-state index contributed by atoms with van der Waals surface area (Å²) in [6.07, 6.45) is 10.0. The molecular weight excluding hydrogens is 490 g/mol. The Morgan fingerprint density at radius 1 is 0.974 bits per heavy atom. The normalized spacial score (nSPS) is 28.9. The van der Waals surface area contributed by atoms with Gasteiger partial charge in [-0.15, -0.1) is 0 Å². The van der Waals surface area contributed by atoms with E-state index >= 15 is 0 Å². The number of hydrogen-bond acceptors (Lipinski definition) is 5. The molecule has 1 aliphatic carbocycles. The molecule has 3 aliphatic heterocycles. The molecule has 4 aliphatic rings. The van der Waals surface area contributed by atoms with E-state index in [1.54, 1.807) is 5.01 Å². The fraction of sp³-hybridized carbons (Fsp3) is 0.710. The quantitative estimate of drug-likeness (QED) is 0.546. The van der Waals surface area contributed by atoms with Gasteiger partial charge >= 0.3 is 0 Å². The maximum absolute atomic E-state index is 13.8. The Morgan fingerprint density at radius 2 is 1.67 bits per heavy atom. The SMILES string of the molecule is CCCCN1C(=O)[C@H](CC2CCCCC2)NC(=O)C12CCN(CC1C(=O)N(c3ccccc3)N(C)C1C)CC2. The number of rotatable bonds is 8. The van der Waals surface area contributed by atoms with Gasteiger partial charge in [-0.3, -0.25) is 14.4 Å². The minimum Gasteiger partial charge on any atom is -0.342 e. The first-order chi connectivity index (χ1) is 18.9. The Hall–Kier alpha value is -2.45. The Balaban J connectivity index is 1.25. The van der Waals surface area contributed by atoms with Crippen LogP contribution in [0.2, 0.25) is 0 Å². The number of nitrogens with zero attached hydrogens (tertiary/aromatic N) is 4. The van der Waals surface area contributed by atoms with Gasteiger partial charge in [-0.1, -0.05) is 63.6 Å². The first-order valence-corrected chi connectivity index (χ1v) is 15.3. The summed E-state index contributed by atoms with van der Waals surface area (Å²) >= 11 is 0. The van der Waals surface area contributed by atoms with E-state index in [1.807, 2.05) is 47.3 Å². The average molecular weight is 538 g/mol. The Labute approximate surface area is 234 Å². The second kappa shape index (κ2) is 12.0. The zero-order valence-electron chi connectivity index (χ0n) is 24.1. The number of hydrogen-bond donors (Lipinski definition) is 1. The van der Waals surface area contributed by atoms with Gasteiger partial charge in [-0.05, 0) is 50.7 Å². The Kier molecular flexibility index (Phi) is 8.62. The molecule has 8 nitrogen and oxygen atoms in total. The lowest BCUT2D eigenvalue weighted by atomic mass is 9.79. The monoisotopic (exact) mass is 537 g/mol. The third-order valence-electron chi connectivity index (χ3n) is 9.99. The Morgan fingerprint density at radius 3 is 2.33 bits per heavy atom. The average Bonchev–Trinajstić information content (AvgIpc) is 3.16. The van der Waals surface area contributed by atoms with Crippen molar-refractivity contribution in [3.63, 3.8) is 0 Å². The highest BCUT2D eigenvalue weighted by molar-refractivity contribution is 6.00. The fourth-order valence-corrected chi connectivity index (χ4v) is 7.38. The van der Waals surface area contributed by atoms with E-state index < -0.39 is 5.54 Å². The molecule has 1 aromatic rings. The number of amides is 3. The zero-order chi connectivity index (χ0) is 27.6. The lowest BCUT2D eigenvalue weighted by Gasteiger charge is -2.52. The van der Waals surface area contributed by atoms with Gasteiger partial charge in [-0.2, -0.15) is 0 Å². The van der Waals surface area contributed by atoms with Crippen molar-refractivity contribution in [1.29, 1.82) is 0 Å². The van der Waals surface area contributed by atoms with Gasteiger partial charge in [0.2, 0.25) is 17.7 Å². The van der Waals surface area contributed by atoms with E-state index in [9.17, 15) is 14.4 Å². The second-order valence-corrected chi connectivity index (χ2v) is 12.3. The molecular formula is C31H47N5O3. The third kappa shape index (κ3) is 5.47. The summed E-state index contributed by atoms with van der Waals surface area (Å²) in [7, 11) is 1.98. The molecule has 8 heteroatoms. The van der Waals surface area contributed by atoms with E-state index in [-0.39, 0.29) is 35.7 Å². The molecule has 3 saturated heterocycles. The maximum atomic E-state index is 13.8. The van der Waals surface area contributed by atoms with Crippen molar-refractivity contribution in [1.82, 2.24) is 20.1 Å². The predicted molar refractivity (Wildman–Crippen MR) is 153 cm³/mol. The van der Waals surface area contributed by atoms with Crippen LogP contribution >= 0.6 is 0 Å². The molecule has 5 rings (SSSR count). The zero-order valence-corrected chi connectivity index (χ0v) is 24.1. The molecule has 0 bridgehead atoms. The van der Waals surface area contributed by atoms with Crippen molar-refractivity contribution in [2.24, 2.45) is 11.8 Å². The van der Waals surface area contributed by atoms with Crippen LogP contribution < -0.4 is 10.3 Å². The summed E-state index contributed by atoms with van der Waals surface area (Å²) in [4.78, 5) is 45.4. The molecule has 3 heterocycles. The number of piperazine rings is 1. The van der Waals surface area contributed by atoms with E-state index in [0.717, 1.165) is 24.9 Å². The number of piperidine rings is 1. The van der Waals surface area contributed by atoms with E-state index in [0.29, 0.717) is 44.9 Å². The molecule has 1 N–H and O–H groups in total. The van der Waals surface area contributed by atoms with Crippen molar-refractivity contribution in [2.45, 2.75) is 95.7 Å². The molecule has 1 spiro atoms. The first kappa shape index (κ1) is 28.1. The van der Waals surface area contributed by atoms with E-state index in [4.69, 9.17) is 0 Å². The van der Waals surface area contributed by atoms with Crippen LogP contribution in [0.4, 0.5) is 5.69 Å². The standard InChI is InChI=1S/C31H47N5O3/c1-4-5-18-35-29(38)27(21-24-12-8-6-9-13-24)32-30(39)31(35)16-19-34(20-17-31)22-26-23(2)33(3)36(28(26)37)25-14-10-7-11-15-25/h7,10-11,14-15,23-24,26-27H,4-6,8-9,12-13,16-22H2,1-3H3,(H,32,39)/t23?,26?,27-/m0/s1. The number of likely N-dealkylation sites (tertiary alicyclic amines) is 1. The molecule has 2 unspecified atom stereocenters. The summed E-state index contributed by atoms with van der Waals surface area (Å²) in [5, 5.41) is 7.04. The highest BCUT2D eigenvalue weighted by atomic mass is 16.2. The van der Waals surface area contributed by atoms with Crippen LogP contribution in [0.1, 0.15) is 78.1 Å². The van der Waals surface area contributed by atoms with Crippen molar-refractivity contribution < 1.29 is 14.4 Å². The minimum atomic E-state index is -0.760. The van der Waals surface area contributed by atoms with Crippen molar-refractivity contribution in [3.8, 4) is 0 Å². The molecule has 214 valence electrons. The van der Waals surface area contributed by atoms with Gasteiger partial charge < -0.3 is 15.1 Å². The lowest BCUT2D eigenvalue weighted by molar-refractivity contribution is -0.162. The van der Waals surface area contributed by atoms with E-state index in [2.05, 4.69) is 24.1 Å². The largest absolute Gasteiger partial charge is 0.342 e. The van der Waals surface area contributed by atoms with Crippen LogP contribution in [-0.4, -0.2) is 83.4 Å². The van der Waals surface area contributed by atoms with Gasteiger partial charge in [0.15, 0.2) is 0 Å². The fourth-order valence-electron chi connectivity index (χ4n) is 7.38. The molecule has 3 atom stereocenters. The summed E-state index contributed by atoms with van der Waals surface area (Å²) in [5.41, 5.74) is 0.132. The highest BCUT2D eigenvalue weighted by Crippen LogP contribution is 2.37. The summed E-state index contributed by atoms with van der Waals surface area (Å²) < 4.78 is 0. The predicted octanol–water partition coefficient (Wildman–Crippen LogP) is 3.82. The summed E-state index contributed by atoms with van der Waals surface area (Å²) in [6, 6.07) is 9.52. The maximum Gasteiger partial charge on any atom is 0.247 e. The number of benzene rings is 1. The molecule has 1 aromatic carbocycles. The number of carbonyl (C=O) groups excluding carboxylic acids is 3. The van der Waals surface area contributed by atoms with Gasteiger partial charge in [-0.25, -0.2) is 10.0 Å². The smallest absolute Gasteiger partial charge is 0.247 e. The number of carbonyl (C=O) groups is 3. The van der Waals surface area contributed by atoms with Crippen molar-refractivity contribution in [3.05, 3.63) is 30.3 Å². The Bertz CT molecular complexity index is 1020. The van der Waals surface area contributed by atoms with Crippen LogP contribution in [0.15, 0.2) is 30.3 Å². The molecule has 0 radical (unpaired) electrons. The van der Waals surface area contributed by atoms with Gasteiger partial charge in [0.1, 0.15) is 11.6 Å². The van der Waals surface area contributed by atoms with Crippen LogP contribution in [0.3, 0.4) is 0 Å². The summed E-state index contributed by atoms with van der Waals surface area (Å²) in [6.45, 7) is 6.99. The van der Waals surface area contributed by atoms with Crippen molar-refractivity contribution >= 4 is 23.4 Å². The van der Waals surface area contributed by atoms with Crippen LogP contribution in [0.5, 0.6) is 0 Å². The van der Waals surface area contributed by atoms with Gasteiger partial charge in [0.25, 0.3) is 0 Å². The molecule has 4 fully saturated rings. The molecule has 0 aromatic heterocycles. The van der Waals surface area contributed by atoms with E-state index in [1.165, 1.54) is 32.1 Å². The molecule has 3 amide bonds. The third-order valence-corrected chi connectivity index (χ3v) is 9.99. The number of hydrazine groups is 1. The van der Waals surface area contributed by atoms with Gasteiger partial charge in [0.05, 0.1) is 11.6 Å². The first-order valence-electron chi connectivity index (χ1n) is 15.3. The van der Waals surface area contributed by atoms with Crippen LogP contribution in [-0.2, 0) is 14.4 Å². The minimum absolute atomic E-state index is 0.0407. The van der Waals surface area contributed by atoms with Crippen LogP contribution in [0, 0.1) is 11.8 Å². The summed E-state index contributed by atoms with van der Waals surface area (Å²) in [5.74, 6) is 0.691. The topological polar surface area (TPSA) is 76.2 Å². The number of nitrogens with one attached hydrogen (secondary N) is 1. The number of unbranched alkanes of at least 4 members (excludes halogenated alkanes) is 1. The lowest BCUT2D eigenvalue weighted by Crippen LogP contribution is -2.73. The van der Waals surface area contributed by atoms with Crippen LogP contribution in [0.25, 0.3) is 0 Å². The number of para-hydroxylation sites is 1. The molecule has 39 heavy (non-hydrogen) atoms. The van der Waals surface area contributed by atoms with Crippen molar-refractivity contribution in [2.75, 3.05) is 38.2 Å². The highest BCUT2D eigenvalue weighted by Gasteiger charge is 2.54. The number of anilines is 1. The van der Waals surface area contributed by atoms with Gasteiger partial charge in [0, 0.05) is 39.3 Å².